The number of nitrogens with two attached hydrogens (primary N) is 1. The van der Waals surface area contributed by atoms with Gasteiger partial charge in [-0.3, -0.25) is 0 Å². The first-order valence-electron chi connectivity index (χ1n) is 2.69. The van der Waals surface area contributed by atoms with Crippen molar-refractivity contribution < 1.29 is 4.39 Å². The molecule has 0 aliphatic carbocycles. The normalized spacial score (nSPS) is 9.90. The van der Waals surface area contributed by atoms with Crippen LogP contribution in [-0.4, -0.2) is 4.98 Å². The highest BCUT2D eigenvalue weighted by atomic mass is 79.9. The fourth-order valence-corrected chi connectivity index (χ4v) is 0.845. The number of nitrogen functional groups attached to an aromatic ring is 1. The number of aromatic nitrogens is 1. The summed E-state index contributed by atoms with van der Waals surface area (Å²) >= 11 is 3.16. The van der Waals surface area contributed by atoms with Crippen LogP contribution in [0.1, 0.15) is 5.69 Å². The van der Waals surface area contributed by atoms with Gasteiger partial charge < -0.3 is 5.73 Å². The van der Waals surface area contributed by atoms with Gasteiger partial charge in [-0.1, -0.05) is 0 Å². The zero-order chi connectivity index (χ0) is 7.72. The van der Waals surface area contributed by atoms with Crippen LogP contribution >= 0.6 is 15.9 Å². The highest BCUT2D eigenvalue weighted by molar-refractivity contribution is 9.10. The van der Waals surface area contributed by atoms with Crippen molar-refractivity contribution in [2.24, 2.45) is 0 Å². The van der Waals surface area contributed by atoms with Crippen molar-refractivity contribution in [2.45, 2.75) is 6.92 Å². The molecule has 4 heteroatoms. The molecule has 0 aromatic carbocycles. The van der Waals surface area contributed by atoms with E-state index in [2.05, 4.69) is 20.9 Å². The molecular formula is C6H6BrFN2. The van der Waals surface area contributed by atoms with Gasteiger partial charge in [0.2, 0.25) is 5.95 Å². The van der Waals surface area contributed by atoms with Crippen LogP contribution in [0.4, 0.5) is 10.1 Å². The van der Waals surface area contributed by atoms with Gasteiger partial charge >= 0.3 is 0 Å². The van der Waals surface area contributed by atoms with Gasteiger partial charge in [-0.15, -0.1) is 0 Å². The van der Waals surface area contributed by atoms with Gasteiger partial charge in [-0.25, -0.2) is 4.98 Å². The fraction of sp³-hybridized carbons (Fsp3) is 0.167. The van der Waals surface area contributed by atoms with Gasteiger partial charge in [0.15, 0.2) is 0 Å². The Bertz CT molecular complexity index is 239. The average Bonchev–Trinajstić information content (AvgIpc) is 1.82. The van der Waals surface area contributed by atoms with Gasteiger partial charge in [-0.05, 0) is 22.9 Å². The van der Waals surface area contributed by atoms with Crippen molar-refractivity contribution in [3.63, 3.8) is 0 Å². The summed E-state index contributed by atoms with van der Waals surface area (Å²) in [5.74, 6) is -0.543. The molecule has 0 unspecified atom stereocenters. The number of anilines is 1. The maximum atomic E-state index is 12.4. The van der Waals surface area contributed by atoms with Gasteiger partial charge in [0.1, 0.15) is 0 Å². The number of aryl methyl sites for hydroxylation is 1. The van der Waals surface area contributed by atoms with E-state index in [-0.39, 0.29) is 0 Å². The Labute approximate surface area is 66.4 Å². The molecule has 2 nitrogen and oxygen atoms in total. The van der Waals surface area contributed by atoms with Crippen LogP contribution in [0.2, 0.25) is 0 Å². The molecule has 1 aromatic rings. The minimum atomic E-state index is -0.543. The van der Waals surface area contributed by atoms with E-state index < -0.39 is 5.95 Å². The van der Waals surface area contributed by atoms with Crippen molar-refractivity contribution >= 4 is 21.6 Å². The van der Waals surface area contributed by atoms with Crippen LogP contribution in [-0.2, 0) is 0 Å². The first-order valence-corrected chi connectivity index (χ1v) is 3.48. The highest BCUT2D eigenvalue weighted by Crippen LogP contribution is 2.21. The zero-order valence-electron chi connectivity index (χ0n) is 5.36. The molecule has 1 heterocycles. The summed E-state index contributed by atoms with van der Waals surface area (Å²) in [5.41, 5.74) is 6.34. The summed E-state index contributed by atoms with van der Waals surface area (Å²) < 4.78 is 13.1. The standard InChI is InChI=1S/C6H6BrFN2/c1-3-6(7)4(9)2-5(8)10-3/h2H,1H3,(H2,9,10). The second-order valence-corrected chi connectivity index (χ2v) is 2.73. The second-order valence-electron chi connectivity index (χ2n) is 1.93. The third-order valence-electron chi connectivity index (χ3n) is 1.12. The molecule has 0 fully saturated rings. The summed E-state index contributed by atoms with van der Waals surface area (Å²) in [6.07, 6.45) is 0. The molecule has 0 saturated heterocycles. The van der Waals surface area contributed by atoms with Crippen LogP contribution in [0.15, 0.2) is 10.5 Å². The van der Waals surface area contributed by atoms with E-state index in [9.17, 15) is 4.39 Å². The number of nitrogens with zero attached hydrogens (tertiary/aromatic N) is 1. The van der Waals surface area contributed by atoms with E-state index in [1.54, 1.807) is 6.92 Å². The summed E-state index contributed by atoms with van der Waals surface area (Å²) in [6.45, 7) is 1.68. The fourth-order valence-electron chi connectivity index (χ4n) is 0.642. The molecule has 0 aliphatic heterocycles. The first-order chi connectivity index (χ1) is 4.61. The van der Waals surface area contributed by atoms with Crippen LogP contribution in [0.3, 0.4) is 0 Å². The van der Waals surface area contributed by atoms with Crippen molar-refractivity contribution in [3.05, 3.63) is 22.2 Å². The predicted molar refractivity (Wildman–Crippen MR) is 41.0 cm³/mol. The molecule has 0 amide bonds. The summed E-state index contributed by atoms with van der Waals surface area (Å²) in [7, 11) is 0. The molecular weight excluding hydrogens is 199 g/mol. The van der Waals surface area contributed by atoms with E-state index in [1.807, 2.05) is 0 Å². The van der Waals surface area contributed by atoms with Crippen LogP contribution < -0.4 is 5.73 Å². The van der Waals surface area contributed by atoms with Gasteiger partial charge in [0.25, 0.3) is 0 Å². The molecule has 0 atom stereocenters. The lowest BCUT2D eigenvalue weighted by Gasteiger charge is -1.99. The summed E-state index contributed by atoms with van der Waals surface area (Å²) in [4.78, 5) is 3.54. The molecule has 0 bridgehead atoms. The number of pyridine rings is 1. The Morgan fingerprint density at radius 1 is 1.70 bits per heavy atom. The van der Waals surface area contributed by atoms with Crippen molar-refractivity contribution in [1.82, 2.24) is 4.98 Å². The van der Waals surface area contributed by atoms with Gasteiger partial charge in [0, 0.05) is 6.07 Å². The van der Waals surface area contributed by atoms with E-state index in [0.29, 0.717) is 15.9 Å². The zero-order valence-corrected chi connectivity index (χ0v) is 6.94. The molecule has 54 valence electrons. The monoisotopic (exact) mass is 204 g/mol. The van der Waals surface area contributed by atoms with Crippen molar-refractivity contribution in [1.29, 1.82) is 0 Å². The number of hydrogen-bond donors (Lipinski definition) is 1. The lowest BCUT2D eigenvalue weighted by atomic mass is 10.3. The van der Waals surface area contributed by atoms with Crippen LogP contribution in [0.25, 0.3) is 0 Å². The third-order valence-corrected chi connectivity index (χ3v) is 2.15. The van der Waals surface area contributed by atoms with E-state index in [4.69, 9.17) is 5.73 Å². The minimum Gasteiger partial charge on any atom is -0.398 e. The Morgan fingerprint density at radius 3 is 2.80 bits per heavy atom. The third kappa shape index (κ3) is 1.26. The van der Waals surface area contributed by atoms with E-state index in [1.165, 1.54) is 6.07 Å². The number of halogens is 2. The van der Waals surface area contributed by atoms with Crippen LogP contribution in [0, 0.1) is 12.9 Å². The van der Waals surface area contributed by atoms with Gasteiger partial charge in [0.05, 0.1) is 15.9 Å². The summed E-state index contributed by atoms with van der Waals surface area (Å²) in [5, 5.41) is 0. The number of rotatable bonds is 0. The largest absolute Gasteiger partial charge is 0.398 e. The molecule has 2 N–H and O–H groups in total. The Balaban J connectivity index is 3.31. The van der Waals surface area contributed by atoms with Crippen molar-refractivity contribution in [2.75, 3.05) is 5.73 Å². The highest BCUT2D eigenvalue weighted by Gasteiger charge is 2.02. The molecule has 0 aliphatic rings. The Hall–Kier alpha value is -0.640. The van der Waals surface area contributed by atoms with Crippen LogP contribution in [0.5, 0.6) is 0 Å². The lowest BCUT2D eigenvalue weighted by Crippen LogP contribution is -1.94. The van der Waals surface area contributed by atoms with E-state index >= 15 is 0 Å². The molecule has 0 radical (unpaired) electrons. The minimum absolute atomic E-state index is 0.380. The first kappa shape index (κ1) is 7.47. The number of hydrogen-bond acceptors (Lipinski definition) is 2. The molecule has 1 aromatic heterocycles. The smallest absolute Gasteiger partial charge is 0.215 e. The molecule has 10 heavy (non-hydrogen) atoms. The maximum absolute atomic E-state index is 12.4. The Kier molecular flexibility index (Phi) is 1.89. The molecule has 0 spiro atoms. The summed E-state index contributed by atoms with van der Waals surface area (Å²) in [6, 6.07) is 1.18. The SMILES string of the molecule is Cc1nc(F)cc(N)c1Br. The van der Waals surface area contributed by atoms with E-state index in [0.717, 1.165) is 0 Å². The van der Waals surface area contributed by atoms with Crippen molar-refractivity contribution in [3.8, 4) is 0 Å². The lowest BCUT2D eigenvalue weighted by molar-refractivity contribution is 0.580. The topological polar surface area (TPSA) is 38.9 Å². The second kappa shape index (κ2) is 2.54. The molecule has 1 rings (SSSR count). The van der Waals surface area contributed by atoms with Gasteiger partial charge in [-0.2, -0.15) is 4.39 Å². The quantitative estimate of drug-likeness (QED) is 0.656. The Morgan fingerprint density at radius 2 is 2.30 bits per heavy atom. The maximum Gasteiger partial charge on any atom is 0.215 e. The predicted octanol–water partition coefficient (Wildman–Crippen LogP) is 1.87. The average molecular weight is 205 g/mol. The molecule has 0 saturated carbocycles.